The number of ether oxygens (including phenoxy) is 5. The van der Waals surface area contributed by atoms with Crippen LogP contribution in [0.4, 0.5) is 0 Å². The lowest BCUT2D eigenvalue weighted by Gasteiger charge is -2.39. The molecule has 0 spiro atoms. The first-order chi connectivity index (χ1) is 30.3. The highest BCUT2D eigenvalue weighted by Gasteiger charge is 2.44. The van der Waals surface area contributed by atoms with Crippen molar-refractivity contribution in [2.45, 2.75) is 76.2 Å². The third kappa shape index (κ3) is 11.4. The van der Waals surface area contributed by atoms with Gasteiger partial charge in [0.2, 0.25) is 5.88 Å². The lowest BCUT2D eigenvalue weighted by Crippen LogP contribution is -2.59. The van der Waals surface area contributed by atoms with Crippen molar-refractivity contribution in [3.8, 4) is 17.0 Å². The standard InChI is InChI=1S/C42H60N8O13/c1-46(2)11-6-14-49-38(55)27-8-9-28-33-32(27)29(40(49)57)22-30(34(33)41(58)50(39(28)56)15-7-12-47(3)4)43-10-5-13-48-23-26(44-45-48)25-61-19-18-59-16-17-60-20-21-62-42-37(54)36(53)35(52)31(24-51)63-42/h8-9,22-23,31,35-37,42,51-54,56H,5-7,10-21,24-25H2,1-4H3/t31-,35-,36+,37+,42+/m1/s1. The maximum atomic E-state index is 14.2. The normalized spacial score (nSPS) is 19.9. The van der Waals surface area contributed by atoms with E-state index in [9.17, 15) is 39.9 Å². The maximum absolute atomic E-state index is 14.2. The smallest absolute Gasteiger partial charge is 0.263 e. The van der Waals surface area contributed by atoms with Gasteiger partial charge in [-0.2, -0.15) is 0 Å². The number of aryl methyl sites for hydroxylation is 1. The van der Waals surface area contributed by atoms with E-state index in [-0.39, 0.29) is 62.9 Å². The summed E-state index contributed by atoms with van der Waals surface area (Å²) in [5.41, 5.74) is -0.0693. The van der Waals surface area contributed by atoms with Gasteiger partial charge in [-0.15, -0.1) is 5.10 Å². The summed E-state index contributed by atoms with van der Waals surface area (Å²) < 4.78 is 31.6. The second kappa shape index (κ2) is 22.4. The lowest BCUT2D eigenvalue weighted by atomic mass is 9.90. The third-order valence-electron chi connectivity index (χ3n) is 10.9. The molecule has 4 heterocycles. The number of nitrogens with zero attached hydrogens (tertiary/aromatic N) is 8. The first kappa shape index (κ1) is 47.9. The van der Waals surface area contributed by atoms with Crippen LogP contribution in [0, 0.1) is 0 Å². The molecule has 0 saturated carbocycles. The van der Waals surface area contributed by atoms with Crippen molar-refractivity contribution in [1.29, 1.82) is 0 Å². The summed E-state index contributed by atoms with van der Waals surface area (Å²) in [6, 6.07) is 4.89. The van der Waals surface area contributed by atoms with Crippen LogP contribution in [-0.4, -0.2) is 184 Å². The molecule has 0 unspecified atom stereocenters. The quantitative estimate of drug-likeness (QED) is 0.0321. The van der Waals surface area contributed by atoms with Gasteiger partial charge >= 0.3 is 0 Å². The van der Waals surface area contributed by atoms with E-state index in [4.69, 9.17) is 28.7 Å². The topological polar surface area (TPSA) is 258 Å². The van der Waals surface area contributed by atoms with Crippen molar-refractivity contribution in [2.24, 2.45) is 4.99 Å². The number of aromatic hydroxyl groups is 1. The molecule has 1 aromatic carbocycles. The van der Waals surface area contributed by atoms with E-state index in [2.05, 4.69) is 10.3 Å². The Morgan fingerprint density at radius 1 is 0.762 bits per heavy atom. The fourth-order valence-corrected chi connectivity index (χ4v) is 7.68. The summed E-state index contributed by atoms with van der Waals surface area (Å²) in [5, 5.41) is 60.4. The summed E-state index contributed by atoms with van der Waals surface area (Å²) in [6.45, 7) is 3.69. The van der Waals surface area contributed by atoms with Gasteiger partial charge in [-0.3, -0.25) is 33.2 Å². The number of hydrogen-bond donors (Lipinski definition) is 5. The van der Waals surface area contributed by atoms with Crippen LogP contribution < -0.4 is 22.0 Å². The van der Waals surface area contributed by atoms with Crippen LogP contribution in [0.5, 0.6) is 5.88 Å². The Balaban J connectivity index is 1.03. The highest BCUT2D eigenvalue weighted by molar-refractivity contribution is 6.15. The Labute approximate surface area is 362 Å². The number of aromatic nitrogens is 5. The van der Waals surface area contributed by atoms with E-state index in [1.165, 1.54) is 9.13 Å². The monoisotopic (exact) mass is 884 g/mol. The Morgan fingerprint density at radius 2 is 1.41 bits per heavy atom. The van der Waals surface area contributed by atoms with Gasteiger partial charge in [0.05, 0.1) is 75.4 Å². The Hall–Kier alpha value is -4.52. The molecule has 5 N–H and O–H groups in total. The Bertz CT molecular complexity index is 2440. The molecule has 5 atom stereocenters. The van der Waals surface area contributed by atoms with Crippen LogP contribution >= 0.6 is 0 Å². The molecule has 63 heavy (non-hydrogen) atoms. The van der Waals surface area contributed by atoms with Gasteiger partial charge < -0.3 is 59.0 Å². The van der Waals surface area contributed by atoms with Crippen LogP contribution in [0.25, 0.3) is 32.7 Å². The van der Waals surface area contributed by atoms with Gasteiger partial charge in [-0.25, -0.2) is 0 Å². The first-order valence-corrected chi connectivity index (χ1v) is 21.2. The Kier molecular flexibility index (Phi) is 17.0. The van der Waals surface area contributed by atoms with Crippen molar-refractivity contribution >= 4 is 21.5 Å². The highest BCUT2D eigenvalue weighted by atomic mass is 16.7. The average molecular weight is 885 g/mol. The van der Waals surface area contributed by atoms with Crippen molar-refractivity contribution in [2.75, 3.05) is 94.1 Å². The van der Waals surface area contributed by atoms with Crippen LogP contribution in [-0.2, 0) is 49.9 Å². The van der Waals surface area contributed by atoms with E-state index in [0.29, 0.717) is 91.5 Å². The van der Waals surface area contributed by atoms with Crippen molar-refractivity contribution in [3.63, 3.8) is 0 Å². The molecular weight excluding hydrogens is 825 g/mol. The second-order valence-electron chi connectivity index (χ2n) is 16.1. The zero-order chi connectivity index (χ0) is 45.2. The highest BCUT2D eigenvalue weighted by Crippen LogP contribution is 2.37. The van der Waals surface area contributed by atoms with Crippen LogP contribution in [0.1, 0.15) is 25.0 Å². The molecule has 1 fully saturated rings. The number of hydrogen-bond acceptors (Lipinski definition) is 18. The van der Waals surface area contributed by atoms with E-state index in [1.54, 1.807) is 29.1 Å². The van der Waals surface area contributed by atoms with E-state index >= 15 is 0 Å². The maximum Gasteiger partial charge on any atom is 0.263 e. The minimum absolute atomic E-state index is 0.0423. The second-order valence-corrected chi connectivity index (χ2v) is 16.1. The summed E-state index contributed by atoms with van der Waals surface area (Å²) in [6.07, 6.45) is -3.19. The molecule has 21 heteroatoms. The van der Waals surface area contributed by atoms with Gasteiger partial charge in [-0.05, 0) is 78.7 Å². The minimum Gasteiger partial charge on any atom is -0.494 e. The zero-order valence-corrected chi connectivity index (χ0v) is 36.3. The van der Waals surface area contributed by atoms with E-state index < -0.39 is 54.0 Å². The van der Waals surface area contributed by atoms with Crippen LogP contribution in [0.3, 0.4) is 0 Å². The molecule has 346 valence electrons. The lowest BCUT2D eigenvalue weighted by molar-refractivity contribution is -0.302. The number of benzene rings is 2. The van der Waals surface area contributed by atoms with Gasteiger partial charge in [0.1, 0.15) is 30.1 Å². The first-order valence-electron chi connectivity index (χ1n) is 21.2. The summed E-state index contributed by atoms with van der Waals surface area (Å²) in [7, 11) is 7.72. The number of pyridine rings is 2. The number of aliphatic hydroxyl groups excluding tert-OH is 4. The van der Waals surface area contributed by atoms with E-state index in [1.807, 2.05) is 38.0 Å². The van der Waals surface area contributed by atoms with Gasteiger partial charge in [0, 0.05) is 47.9 Å². The predicted molar refractivity (Wildman–Crippen MR) is 229 cm³/mol. The summed E-state index contributed by atoms with van der Waals surface area (Å²) in [5.74, 6) is -0.212. The molecule has 0 bridgehead atoms. The molecule has 0 amide bonds. The van der Waals surface area contributed by atoms with Crippen molar-refractivity contribution in [1.82, 2.24) is 33.9 Å². The SMILES string of the molecule is CN(C)CCCn1c(O)c2ccc3c4c2c(c(=NCCCn2cc(COCCOCCOCCO[C@H]5O[C@H](CO)[C@@H](O)[C@H](O)[C@@H]5O)nn2)cc-4c(=O)n(CCCN(C)C)c3=O)c1=O. The molecule has 3 aromatic rings. The average Bonchev–Trinajstić information content (AvgIpc) is 3.72. The molecule has 3 aliphatic rings. The molecule has 1 saturated heterocycles. The molecule has 6 rings (SSSR count). The Morgan fingerprint density at radius 3 is 2.10 bits per heavy atom. The third-order valence-corrected chi connectivity index (χ3v) is 10.9. The molecule has 2 aliphatic heterocycles. The molecular formula is C42H60N8O13. The van der Waals surface area contributed by atoms with Crippen molar-refractivity contribution < 1.29 is 49.2 Å². The predicted octanol–water partition coefficient (Wildman–Crippen LogP) is -1.79. The summed E-state index contributed by atoms with van der Waals surface area (Å²) >= 11 is 0. The van der Waals surface area contributed by atoms with Crippen LogP contribution in [0.15, 0.2) is 43.8 Å². The largest absolute Gasteiger partial charge is 0.494 e. The molecule has 2 aromatic heterocycles. The van der Waals surface area contributed by atoms with Crippen LogP contribution in [0.2, 0.25) is 0 Å². The number of aliphatic hydroxyl groups is 4. The minimum atomic E-state index is -1.51. The fourth-order valence-electron chi connectivity index (χ4n) is 7.68. The van der Waals surface area contributed by atoms with Crippen molar-refractivity contribution in [3.05, 3.63) is 66.5 Å². The zero-order valence-electron chi connectivity index (χ0n) is 36.3. The van der Waals surface area contributed by atoms with Gasteiger partial charge in [0.15, 0.2) is 6.29 Å². The molecule has 21 nitrogen and oxygen atoms in total. The molecule has 0 radical (unpaired) electrons. The van der Waals surface area contributed by atoms with Gasteiger partial charge in [0.25, 0.3) is 16.7 Å². The van der Waals surface area contributed by atoms with E-state index in [0.717, 1.165) is 0 Å². The molecule has 1 aliphatic carbocycles. The summed E-state index contributed by atoms with van der Waals surface area (Å²) in [4.78, 5) is 50.8. The van der Waals surface area contributed by atoms with Gasteiger partial charge in [-0.1, -0.05) is 5.21 Å². The fraction of sp³-hybridized carbons (Fsp3) is 0.619. The number of rotatable bonds is 25.